The molecule has 5 aliphatic heterocycles. The van der Waals surface area contributed by atoms with Crippen molar-refractivity contribution in [3.05, 3.63) is 52.6 Å². The molecule has 3 fully saturated rings. The summed E-state index contributed by atoms with van der Waals surface area (Å²) >= 11 is 2.62. The molecule has 1 unspecified atom stereocenters. The minimum absolute atomic E-state index is 0. The number of likely N-dealkylation sites (N-methyl/N-ethyl adjacent to an activating group) is 1. The fourth-order valence-corrected chi connectivity index (χ4v) is 9.12. The number of amides is 1. The van der Waals surface area contributed by atoms with Gasteiger partial charge in [0.15, 0.2) is 0 Å². The molecule has 0 spiro atoms. The molecule has 45 heavy (non-hydrogen) atoms. The molecular weight excluding hydrogens is 865 g/mol. The van der Waals surface area contributed by atoms with Crippen LogP contribution in [0.5, 0.6) is 0 Å². The Balaban J connectivity index is 0.00000325. The number of thiophene rings is 1. The number of hydrogen-bond acceptors (Lipinski definition) is 9. The van der Waals surface area contributed by atoms with E-state index in [2.05, 4.69) is 49.2 Å². The standard InChI is InChI=1S/C31H33F3N7OS2.Fm/c1-38-10-11-41-19-6-7-22(20(14-19)18-4-5-18)36-30-35-16-21(31(32,33)34)26(37-30)24-15-25-27(44-24)29(42)39(12-13-43-25)8-2-3-9-40-17-23(38)28(40)41;/h6-7,14-16,18,23H,2-5,8-13,17H2,1H3,(H,35,36,37);/q-1;. The van der Waals surface area contributed by atoms with Crippen molar-refractivity contribution in [1.82, 2.24) is 24.7 Å². The third kappa shape index (κ3) is 5.28. The molecular formula is C31H33F3FmN7OS2-. The van der Waals surface area contributed by atoms with E-state index in [0.29, 0.717) is 40.6 Å². The number of alkyl halides is 3. The van der Waals surface area contributed by atoms with E-state index in [1.165, 1.54) is 17.9 Å². The summed E-state index contributed by atoms with van der Waals surface area (Å²) in [6.45, 7) is 5.06. The number of carbonyl (C=O) groups is 1. The van der Waals surface area contributed by atoms with E-state index >= 15 is 0 Å². The van der Waals surface area contributed by atoms with Crippen LogP contribution in [0.1, 0.15) is 52.4 Å². The zero-order valence-corrected chi connectivity index (χ0v) is 28.7. The van der Waals surface area contributed by atoms with Gasteiger partial charge in [-0.25, -0.2) is 9.97 Å². The van der Waals surface area contributed by atoms with Crippen LogP contribution in [-0.2, 0) is 6.18 Å². The Kier molecular flexibility index (Phi) is 7.41. The number of halogens is 3. The van der Waals surface area contributed by atoms with E-state index < -0.39 is 11.7 Å². The van der Waals surface area contributed by atoms with E-state index in [4.69, 9.17) is 0 Å². The molecule has 1 atom stereocenters. The maximum absolute atomic E-state index is 14.2. The van der Waals surface area contributed by atoms with E-state index in [1.54, 1.807) is 6.07 Å². The molecule has 1 aliphatic carbocycles. The molecule has 3 aromatic rings. The van der Waals surface area contributed by atoms with E-state index in [0.717, 1.165) is 91.2 Å². The van der Waals surface area contributed by atoms with Gasteiger partial charge in [0.05, 0.1) is 10.6 Å². The molecule has 6 aliphatic rings. The Morgan fingerprint density at radius 1 is 1.07 bits per heavy atom. The first-order valence-electron chi connectivity index (χ1n) is 15.3. The van der Waals surface area contributed by atoms with Gasteiger partial charge in [-0.1, -0.05) is 6.04 Å². The molecule has 2 saturated heterocycles. The van der Waals surface area contributed by atoms with Crippen LogP contribution < -0.4 is 10.2 Å². The van der Waals surface area contributed by atoms with Crippen LogP contribution >= 0.6 is 23.1 Å². The number of aromatic nitrogens is 2. The minimum Gasteiger partial charge on any atom is -0.503 e. The second kappa shape index (κ2) is 11.2. The molecule has 0 radical (unpaired) electrons. The smallest absolute Gasteiger partial charge is 0.420 e. The van der Waals surface area contributed by atoms with Gasteiger partial charge in [-0.05, 0) is 81.6 Å². The zero-order valence-electron chi connectivity index (χ0n) is 24.7. The van der Waals surface area contributed by atoms with Gasteiger partial charge in [0.25, 0.3) is 5.91 Å². The maximum Gasteiger partial charge on any atom is 0.420 e. The summed E-state index contributed by atoms with van der Waals surface area (Å²) in [4.78, 5) is 33.0. The van der Waals surface area contributed by atoms with Crippen LogP contribution in [0.3, 0.4) is 0 Å². The first-order valence-corrected chi connectivity index (χ1v) is 17.1. The number of nitrogens with one attached hydrogen (secondary N) is 1. The molecule has 14 heteroatoms. The summed E-state index contributed by atoms with van der Waals surface area (Å²) < 4.78 is 42.7. The molecule has 1 saturated carbocycles. The largest absolute Gasteiger partial charge is 0.503 e. The molecule has 2 aromatic heterocycles. The Morgan fingerprint density at radius 2 is 1.89 bits per heavy atom. The van der Waals surface area contributed by atoms with Crippen molar-refractivity contribution in [3.8, 4) is 10.6 Å². The van der Waals surface area contributed by atoms with Gasteiger partial charge in [-0.3, -0.25) is 4.79 Å². The Morgan fingerprint density at radius 3 is 2.69 bits per heavy atom. The number of nitrogens with zero attached hydrogens (tertiary/aromatic N) is 6. The van der Waals surface area contributed by atoms with Gasteiger partial charge >= 0.3 is 6.18 Å². The third-order valence-electron chi connectivity index (χ3n) is 9.34. The fourth-order valence-electron chi connectivity index (χ4n) is 6.76. The summed E-state index contributed by atoms with van der Waals surface area (Å²) in [6, 6.07) is 8.47. The van der Waals surface area contributed by atoms with E-state index in [9.17, 15) is 18.0 Å². The van der Waals surface area contributed by atoms with Crippen molar-refractivity contribution in [2.45, 2.75) is 48.7 Å². The number of carbonyl (C=O) groups excluding carboxylic acids is 1. The summed E-state index contributed by atoms with van der Waals surface area (Å²) in [6.07, 6.45) is 1.55. The third-order valence-corrected chi connectivity index (χ3v) is 11.6. The van der Waals surface area contributed by atoms with Crippen molar-refractivity contribution in [3.63, 3.8) is 0 Å². The van der Waals surface area contributed by atoms with Crippen LogP contribution in [0.25, 0.3) is 10.6 Å². The van der Waals surface area contributed by atoms with Gasteiger partial charge in [0.2, 0.25) is 5.95 Å². The van der Waals surface area contributed by atoms with Crippen LogP contribution in [-0.4, -0.2) is 88.7 Å². The number of hydrogen-bond donors (Lipinski definition) is 1. The van der Waals surface area contributed by atoms with E-state index in [1.807, 2.05) is 11.0 Å². The average Bonchev–Trinajstić information content (AvgIpc) is 3.76. The van der Waals surface area contributed by atoms with Gasteiger partial charge in [-0.2, -0.15) is 13.2 Å². The number of anilines is 3. The average molecular weight is 898 g/mol. The van der Waals surface area contributed by atoms with Crippen LogP contribution in [0.2, 0.25) is 0 Å². The van der Waals surface area contributed by atoms with E-state index in [-0.39, 0.29) is 17.5 Å². The number of rotatable bonds is 1. The van der Waals surface area contributed by atoms with Crippen molar-refractivity contribution < 1.29 is 18.0 Å². The fraction of sp³-hybridized carbons (Fsp3) is 0.484. The first-order chi connectivity index (χ1) is 21.2. The van der Waals surface area contributed by atoms with Gasteiger partial charge in [0.1, 0.15) is 10.4 Å². The molecule has 1 aromatic carbocycles. The van der Waals surface area contributed by atoms with Crippen LogP contribution in [0.15, 0.2) is 35.4 Å². The second-order valence-electron chi connectivity index (χ2n) is 12.2. The number of benzene rings is 1. The molecule has 7 bridgehead atoms. The van der Waals surface area contributed by atoms with Gasteiger partial charge < -0.3 is 24.9 Å². The Labute approximate surface area is 262 Å². The predicted molar refractivity (Wildman–Crippen MR) is 166 cm³/mol. The Bertz CT molecular complexity index is 1620. The molecule has 8 nitrogen and oxygen atoms in total. The number of thioether (sulfide) groups is 1. The zero-order chi connectivity index (χ0) is 30.2. The molecule has 244 valence electrons. The summed E-state index contributed by atoms with van der Waals surface area (Å²) in [5.41, 5.74) is 2.01. The van der Waals surface area contributed by atoms with Crippen molar-refractivity contribution in [2.75, 3.05) is 62.3 Å². The normalized spacial score (nSPS) is 22.8. The van der Waals surface area contributed by atoms with Gasteiger partial charge in [0, 0.05) is 54.4 Å². The summed E-state index contributed by atoms with van der Waals surface area (Å²) in [5.74, 6) is 1.10. The molecule has 9 rings (SSSR count). The summed E-state index contributed by atoms with van der Waals surface area (Å²) in [5, 5.41) is 3.27. The topological polar surface area (TPSA) is 67.8 Å². The SMILES string of the molecule is CN1CCN2c3ccc(c(C4CC4)c3)Nc3ncc(C(F)(F)F)c(n3)-c3cc4c(s3)C(=O)N(CCCCN3CC1[C-]32)CCS4.[Fm]. The quantitative estimate of drug-likeness (QED) is 0.294. The second-order valence-corrected chi connectivity index (χ2v) is 14.4. The maximum atomic E-state index is 14.2. The van der Waals surface area contributed by atoms with Crippen molar-refractivity contribution >= 4 is 46.3 Å². The first kappa shape index (κ1) is 29.8. The van der Waals surface area contributed by atoms with Crippen molar-refractivity contribution in [2.24, 2.45) is 0 Å². The minimum atomic E-state index is -4.64. The van der Waals surface area contributed by atoms with Crippen LogP contribution in [0.4, 0.5) is 30.5 Å². The van der Waals surface area contributed by atoms with Crippen molar-refractivity contribution in [1.29, 1.82) is 0 Å². The predicted octanol–water partition coefficient (Wildman–Crippen LogP) is 6.11. The van der Waals surface area contributed by atoms with Crippen LogP contribution in [0, 0.1) is 6.17 Å². The molecule has 1 amide bonds. The number of piperazine rings is 1. The number of fused-ring (bicyclic) bond motifs is 5. The molecule has 1 N–H and O–H groups in total. The summed E-state index contributed by atoms with van der Waals surface area (Å²) in [7, 11) is 2.19. The van der Waals surface area contributed by atoms with Gasteiger partial charge in [-0.15, -0.1) is 29.3 Å². The Hall–Kier alpha value is -3.87. The molecule has 7 heterocycles. The monoisotopic (exact) mass is 897 g/mol.